The molecular weight excluding hydrogens is 318 g/mol. The number of rotatable bonds is 4. The maximum Gasteiger partial charge on any atom is 0.294 e. The van der Waals surface area contributed by atoms with Gasteiger partial charge in [0.15, 0.2) is 0 Å². The maximum absolute atomic E-state index is 12.4. The van der Waals surface area contributed by atoms with Crippen LogP contribution in [0.3, 0.4) is 0 Å². The molecule has 0 aliphatic carbocycles. The van der Waals surface area contributed by atoms with Crippen molar-refractivity contribution in [3.05, 3.63) is 41.8 Å². The summed E-state index contributed by atoms with van der Waals surface area (Å²) in [6.45, 7) is 2.84. The molecule has 0 saturated carbocycles. The van der Waals surface area contributed by atoms with E-state index in [1.807, 2.05) is 0 Å². The Labute approximate surface area is 134 Å². The number of aryl methyl sites for hydroxylation is 1. The SMILES string of the molecule is Cc1cc(C(=O)Nc2ccc(S(=O)(=O)N3CCCC3)cc2)on1. The van der Waals surface area contributed by atoms with E-state index >= 15 is 0 Å². The molecule has 0 atom stereocenters. The fraction of sp³-hybridized carbons (Fsp3) is 0.333. The number of aromatic nitrogens is 1. The van der Waals surface area contributed by atoms with Gasteiger partial charge < -0.3 is 9.84 Å². The second-order valence-electron chi connectivity index (χ2n) is 5.42. The molecule has 0 unspecified atom stereocenters. The lowest BCUT2D eigenvalue weighted by molar-refractivity contribution is 0.0988. The highest BCUT2D eigenvalue weighted by molar-refractivity contribution is 7.89. The Bertz CT molecular complexity index is 806. The van der Waals surface area contributed by atoms with Gasteiger partial charge in [0, 0.05) is 24.8 Å². The van der Waals surface area contributed by atoms with Gasteiger partial charge in [-0.3, -0.25) is 4.79 Å². The zero-order chi connectivity index (χ0) is 16.4. The van der Waals surface area contributed by atoms with Crippen molar-refractivity contribution in [1.29, 1.82) is 0 Å². The highest BCUT2D eigenvalue weighted by Gasteiger charge is 2.27. The predicted octanol–water partition coefficient (Wildman–Crippen LogP) is 2.02. The number of hydrogen-bond donors (Lipinski definition) is 1. The van der Waals surface area contributed by atoms with Crippen molar-refractivity contribution in [3.8, 4) is 0 Å². The third-order valence-corrected chi connectivity index (χ3v) is 5.58. The third-order valence-electron chi connectivity index (χ3n) is 3.67. The van der Waals surface area contributed by atoms with Crippen molar-refractivity contribution in [2.24, 2.45) is 0 Å². The molecule has 23 heavy (non-hydrogen) atoms. The first-order chi connectivity index (χ1) is 11.0. The summed E-state index contributed by atoms with van der Waals surface area (Å²) < 4.78 is 31.2. The average Bonchev–Trinajstić information content (AvgIpc) is 3.19. The van der Waals surface area contributed by atoms with Gasteiger partial charge in [0.25, 0.3) is 5.91 Å². The lowest BCUT2D eigenvalue weighted by Gasteiger charge is -2.15. The molecule has 1 aromatic heterocycles. The molecule has 0 spiro atoms. The topological polar surface area (TPSA) is 92.5 Å². The molecule has 2 aromatic rings. The predicted molar refractivity (Wildman–Crippen MR) is 83.6 cm³/mol. The number of nitrogens with one attached hydrogen (secondary N) is 1. The van der Waals surface area contributed by atoms with E-state index in [4.69, 9.17) is 4.52 Å². The molecule has 1 fully saturated rings. The van der Waals surface area contributed by atoms with Gasteiger partial charge >= 0.3 is 0 Å². The standard InChI is InChI=1S/C15H17N3O4S/c1-11-10-14(22-17-11)15(19)16-12-4-6-13(7-5-12)23(20,21)18-8-2-3-9-18/h4-7,10H,2-3,8-9H2,1H3,(H,16,19). The van der Waals surface area contributed by atoms with E-state index in [1.165, 1.54) is 22.5 Å². The molecule has 1 amide bonds. The molecule has 0 bridgehead atoms. The Morgan fingerprint density at radius 2 is 1.87 bits per heavy atom. The van der Waals surface area contributed by atoms with Crippen molar-refractivity contribution >= 4 is 21.6 Å². The summed E-state index contributed by atoms with van der Waals surface area (Å²) in [4.78, 5) is 12.2. The van der Waals surface area contributed by atoms with Crippen molar-refractivity contribution in [2.45, 2.75) is 24.7 Å². The van der Waals surface area contributed by atoms with Crippen LogP contribution in [0.4, 0.5) is 5.69 Å². The molecule has 8 heteroatoms. The first-order valence-corrected chi connectivity index (χ1v) is 8.76. The Morgan fingerprint density at radius 3 is 2.43 bits per heavy atom. The molecule has 1 N–H and O–H groups in total. The maximum atomic E-state index is 12.4. The molecule has 122 valence electrons. The van der Waals surface area contributed by atoms with E-state index in [2.05, 4.69) is 10.5 Å². The minimum Gasteiger partial charge on any atom is -0.351 e. The highest BCUT2D eigenvalue weighted by atomic mass is 32.2. The van der Waals surface area contributed by atoms with E-state index in [1.54, 1.807) is 19.1 Å². The number of anilines is 1. The van der Waals surface area contributed by atoms with Gasteiger partial charge in [-0.15, -0.1) is 0 Å². The minimum atomic E-state index is -3.44. The Morgan fingerprint density at radius 1 is 1.22 bits per heavy atom. The van der Waals surface area contributed by atoms with Crippen LogP contribution in [-0.4, -0.2) is 36.9 Å². The summed E-state index contributed by atoms with van der Waals surface area (Å²) >= 11 is 0. The lowest BCUT2D eigenvalue weighted by atomic mass is 10.3. The molecule has 1 saturated heterocycles. The zero-order valence-corrected chi connectivity index (χ0v) is 13.5. The van der Waals surface area contributed by atoms with E-state index < -0.39 is 15.9 Å². The Balaban J connectivity index is 1.73. The number of benzene rings is 1. The molecule has 2 heterocycles. The fourth-order valence-corrected chi connectivity index (χ4v) is 3.97. The molecule has 1 aliphatic heterocycles. The second kappa shape index (κ2) is 6.13. The average molecular weight is 335 g/mol. The van der Waals surface area contributed by atoms with Gasteiger partial charge in [0.05, 0.1) is 10.6 Å². The number of hydrogen-bond acceptors (Lipinski definition) is 5. The van der Waals surface area contributed by atoms with Gasteiger partial charge in [-0.05, 0) is 44.0 Å². The number of sulfonamides is 1. The minimum absolute atomic E-state index is 0.108. The van der Waals surface area contributed by atoms with Crippen LogP contribution < -0.4 is 5.32 Å². The Kier molecular flexibility index (Phi) is 4.18. The Hall–Kier alpha value is -2.19. The molecule has 0 radical (unpaired) electrons. The molecule has 1 aromatic carbocycles. The second-order valence-corrected chi connectivity index (χ2v) is 7.36. The molecule has 7 nitrogen and oxygen atoms in total. The van der Waals surface area contributed by atoms with Gasteiger partial charge in [-0.2, -0.15) is 4.31 Å². The monoisotopic (exact) mass is 335 g/mol. The summed E-state index contributed by atoms with van der Waals surface area (Å²) in [5.41, 5.74) is 1.10. The highest BCUT2D eigenvalue weighted by Crippen LogP contribution is 2.22. The number of nitrogens with zero attached hydrogens (tertiary/aromatic N) is 2. The van der Waals surface area contributed by atoms with Crippen LogP contribution in [0, 0.1) is 6.92 Å². The van der Waals surface area contributed by atoms with E-state index in [9.17, 15) is 13.2 Å². The van der Waals surface area contributed by atoms with Crippen molar-refractivity contribution in [2.75, 3.05) is 18.4 Å². The van der Waals surface area contributed by atoms with E-state index in [0.717, 1.165) is 12.8 Å². The van der Waals surface area contributed by atoms with Crippen LogP contribution >= 0.6 is 0 Å². The zero-order valence-electron chi connectivity index (χ0n) is 12.7. The normalized spacial score (nSPS) is 15.7. The molecule has 3 rings (SSSR count). The van der Waals surface area contributed by atoms with E-state index in [0.29, 0.717) is 24.5 Å². The van der Waals surface area contributed by atoms with Gasteiger partial charge in [-0.25, -0.2) is 8.42 Å². The number of carbonyl (C=O) groups excluding carboxylic acids is 1. The van der Waals surface area contributed by atoms with Gasteiger partial charge in [0.2, 0.25) is 15.8 Å². The third kappa shape index (κ3) is 3.27. The largest absolute Gasteiger partial charge is 0.351 e. The van der Waals surface area contributed by atoms with Crippen LogP contribution in [0.2, 0.25) is 0 Å². The summed E-state index contributed by atoms with van der Waals surface area (Å²) in [6, 6.07) is 7.64. The molecular formula is C15H17N3O4S. The first-order valence-electron chi connectivity index (χ1n) is 7.32. The fourth-order valence-electron chi connectivity index (χ4n) is 2.45. The van der Waals surface area contributed by atoms with Crippen LogP contribution in [0.1, 0.15) is 29.1 Å². The van der Waals surface area contributed by atoms with Crippen LogP contribution in [0.5, 0.6) is 0 Å². The van der Waals surface area contributed by atoms with E-state index in [-0.39, 0.29) is 10.7 Å². The quantitative estimate of drug-likeness (QED) is 0.923. The van der Waals surface area contributed by atoms with Crippen LogP contribution in [-0.2, 0) is 10.0 Å². The molecule has 1 aliphatic rings. The summed E-state index contributed by atoms with van der Waals surface area (Å²) in [7, 11) is -3.44. The number of amides is 1. The summed E-state index contributed by atoms with van der Waals surface area (Å²) in [5, 5.41) is 6.29. The smallest absolute Gasteiger partial charge is 0.294 e. The van der Waals surface area contributed by atoms with Crippen molar-refractivity contribution in [3.63, 3.8) is 0 Å². The van der Waals surface area contributed by atoms with Gasteiger partial charge in [-0.1, -0.05) is 5.16 Å². The lowest BCUT2D eigenvalue weighted by Crippen LogP contribution is -2.27. The number of carbonyl (C=O) groups is 1. The summed E-state index contributed by atoms with van der Waals surface area (Å²) in [5.74, 6) is -0.322. The van der Waals surface area contributed by atoms with Crippen LogP contribution in [0.25, 0.3) is 0 Å². The van der Waals surface area contributed by atoms with Crippen molar-refractivity contribution < 1.29 is 17.7 Å². The first kappa shape index (κ1) is 15.7. The summed E-state index contributed by atoms with van der Waals surface area (Å²) in [6.07, 6.45) is 1.79. The van der Waals surface area contributed by atoms with Gasteiger partial charge in [0.1, 0.15) is 0 Å². The van der Waals surface area contributed by atoms with Crippen LogP contribution in [0.15, 0.2) is 39.8 Å². The van der Waals surface area contributed by atoms with Crippen molar-refractivity contribution in [1.82, 2.24) is 9.46 Å².